The molecular weight excluding hydrogens is 585 g/mol. The zero-order chi connectivity index (χ0) is 31.6. The molecule has 0 N–H and O–H groups in total. The van der Waals surface area contributed by atoms with Crippen molar-refractivity contribution in [1.82, 2.24) is 13.5 Å². The number of nitrogens with zero attached hydrogens (tertiary/aromatic N) is 4. The fourth-order valence-corrected chi connectivity index (χ4v) is 7.61. The van der Waals surface area contributed by atoms with Crippen molar-refractivity contribution < 1.29 is 0 Å². The zero-order valence-electron chi connectivity index (χ0n) is 26.1. The molecule has 10 aromatic rings. The number of fused-ring (bicyclic) bond motifs is 8. The molecule has 0 atom stereocenters. The Morgan fingerprint density at radius 2 is 0.771 bits per heavy atom. The van der Waals surface area contributed by atoms with Crippen LogP contribution < -0.4 is 4.90 Å². The molecule has 48 heavy (non-hydrogen) atoms. The van der Waals surface area contributed by atoms with Gasteiger partial charge >= 0.3 is 0 Å². The van der Waals surface area contributed by atoms with Gasteiger partial charge in [-0.2, -0.15) is 0 Å². The van der Waals surface area contributed by atoms with Crippen LogP contribution in [0.1, 0.15) is 0 Å². The quantitative estimate of drug-likeness (QED) is 0.189. The molecule has 0 spiro atoms. The summed E-state index contributed by atoms with van der Waals surface area (Å²) in [4.78, 5) is 2.42. The monoisotopic (exact) mass is 614 g/mol. The van der Waals surface area contributed by atoms with Crippen LogP contribution in [0.15, 0.2) is 182 Å². The van der Waals surface area contributed by atoms with E-state index in [0.717, 1.165) is 34.1 Å². The lowest BCUT2D eigenvalue weighted by molar-refractivity contribution is 1.13. The number of benzene rings is 7. The van der Waals surface area contributed by atoms with Gasteiger partial charge in [0.15, 0.2) is 0 Å². The van der Waals surface area contributed by atoms with Crippen molar-refractivity contribution in [2.24, 2.45) is 0 Å². The Labute approximate surface area is 277 Å². The van der Waals surface area contributed by atoms with Crippen LogP contribution in [0.3, 0.4) is 0 Å². The van der Waals surface area contributed by atoms with Crippen molar-refractivity contribution in [1.29, 1.82) is 0 Å². The van der Waals surface area contributed by atoms with E-state index >= 15 is 0 Å². The molecule has 0 aliphatic heterocycles. The lowest BCUT2D eigenvalue weighted by Crippen LogP contribution is -2.11. The van der Waals surface area contributed by atoms with E-state index in [9.17, 15) is 0 Å². The first-order valence-electron chi connectivity index (χ1n) is 16.4. The SMILES string of the molecule is c1ccc(N(c2ccc(-n3c4ccccc4c4ccccc43)cc2)c2c3ccccc3n3c4ccccc4n(-c4ccccc4)c23)cc1. The zero-order valence-corrected chi connectivity index (χ0v) is 26.1. The van der Waals surface area contributed by atoms with Crippen molar-refractivity contribution in [2.45, 2.75) is 0 Å². The maximum atomic E-state index is 2.43. The van der Waals surface area contributed by atoms with Crippen LogP contribution in [0, 0.1) is 0 Å². The topological polar surface area (TPSA) is 17.5 Å². The van der Waals surface area contributed by atoms with E-state index in [0.29, 0.717) is 0 Å². The summed E-state index contributed by atoms with van der Waals surface area (Å²) in [7, 11) is 0. The van der Waals surface area contributed by atoms with Gasteiger partial charge in [0.05, 0.1) is 33.3 Å². The van der Waals surface area contributed by atoms with Crippen LogP contribution >= 0.6 is 0 Å². The summed E-state index contributed by atoms with van der Waals surface area (Å²) in [6, 6.07) is 65.3. The third-order valence-electron chi connectivity index (χ3n) is 9.60. The Balaban J connectivity index is 1.27. The normalized spacial score (nSPS) is 11.8. The molecule has 4 heteroatoms. The van der Waals surface area contributed by atoms with Crippen LogP contribution in [-0.4, -0.2) is 13.5 Å². The molecule has 0 aliphatic carbocycles. The molecule has 0 saturated carbocycles. The molecule has 7 aromatic carbocycles. The second kappa shape index (κ2) is 10.5. The van der Waals surface area contributed by atoms with Gasteiger partial charge in [-0.3, -0.25) is 8.97 Å². The van der Waals surface area contributed by atoms with Gasteiger partial charge in [0.2, 0.25) is 0 Å². The van der Waals surface area contributed by atoms with Crippen LogP contribution in [0.25, 0.3) is 60.8 Å². The summed E-state index contributed by atoms with van der Waals surface area (Å²) in [5.74, 6) is 0. The Morgan fingerprint density at radius 1 is 0.312 bits per heavy atom. The van der Waals surface area contributed by atoms with Crippen LogP contribution in [0.4, 0.5) is 17.1 Å². The number of hydrogen-bond acceptors (Lipinski definition) is 1. The first kappa shape index (κ1) is 26.7. The first-order valence-corrected chi connectivity index (χ1v) is 16.4. The number of aromatic nitrogens is 3. The van der Waals surface area contributed by atoms with E-state index in [1.807, 2.05) is 0 Å². The summed E-state index contributed by atoms with van der Waals surface area (Å²) < 4.78 is 7.21. The van der Waals surface area contributed by atoms with Gasteiger partial charge in [-0.25, -0.2) is 0 Å². The molecule has 0 unspecified atom stereocenters. The van der Waals surface area contributed by atoms with Crippen LogP contribution in [0.2, 0.25) is 0 Å². The Hall–Kier alpha value is -6.52. The van der Waals surface area contributed by atoms with Crippen LogP contribution in [0.5, 0.6) is 0 Å². The van der Waals surface area contributed by atoms with Gasteiger partial charge in [0, 0.05) is 38.9 Å². The molecule has 10 rings (SSSR count). The highest BCUT2D eigenvalue weighted by Gasteiger charge is 2.26. The minimum atomic E-state index is 1.09. The fourth-order valence-electron chi connectivity index (χ4n) is 7.61. The summed E-state index contributed by atoms with van der Waals surface area (Å²) in [6.45, 7) is 0. The number of rotatable bonds is 5. The Morgan fingerprint density at radius 3 is 1.42 bits per heavy atom. The van der Waals surface area contributed by atoms with E-state index in [2.05, 4.69) is 200 Å². The highest BCUT2D eigenvalue weighted by atomic mass is 15.2. The minimum absolute atomic E-state index is 1.09. The highest BCUT2D eigenvalue weighted by Crippen LogP contribution is 2.46. The van der Waals surface area contributed by atoms with Gasteiger partial charge in [-0.1, -0.05) is 103 Å². The van der Waals surface area contributed by atoms with Gasteiger partial charge in [0.1, 0.15) is 5.65 Å². The molecule has 0 amide bonds. The van der Waals surface area contributed by atoms with E-state index < -0.39 is 0 Å². The molecule has 0 saturated heterocycles. The van der Waals surface area contributed by atoms with Gasteiger partial charge in [-0.15, -0.1) is 0 Å². The van der Waals surface area contributed by atoms with Crippen molar-refractivity contribution in [2.75, 3.05) is 4.90 Å². The highest BCUT2D eigenvalue weighted by molar-refractivity contribution is 6.11. The molecule has 0 bridgehead atoms. The minimum Gasteiger partial charge on any atom is -0.309 e. The molecule has 0 radical (unpaired) electrons. The van der Waals surface area contributed by atoms with Crippen LogP contribution in [-0.2, 0) is 0 Å². The standard InChI is InChI=1S/C44H30N4/c1-3-15-31(16-4-1)45(33-27-29-34(30-28-33)46-38-22-10-7-19-35(38)36-20-8-11-23-39(36)46)43-37-21-9-12-24-40(37)48-42-26-14-13-25-41(42)47(44(43)48)32-17-5-2-6-18-32/h1-30H. The smallest absolute Gasteiger partial charge is 0.148 e. The lowest BCUT2D eigenvalue weighted by Gasteiger charge is -2.26. The van der Waals surface area contributed by atoms with E-state index in [4.69, 9.17) is 0 Å². The van der Waals surface area contributed by atoms with Crippen molar-refractivity contribution in [3.63, 3.8) is 0 Å². The van der Waals surface area contributed by atoms with E-state index in [-0.39, 0.29) is 0 Å². The van der Waals surface area contributed by atoms with Gasteiger partial charge in [0.25, 0.3) is 0 Å². The molecule has 0 aliphatic rings. The Bertz CT molecular complexity index is 2710. The summed E-state index contributed by atoms with van der Waals surface area (Å²) in [6.07, 6.45) is 0. The summed E-state index contributed by atoms with van der Waals surface area (Å²) in [5, 5.41) is 3.72. The molecule has 0 fully saturated rings. The predicted molar refractivity (Wildman–Crippen MR) is 201 cm³/mol. The van der Waals surface area contributed by atoms with E-state index in [1.54, 1.807) is 0 Å². The predicted octanol–water partition coefficient (Wildman–Crippen LogP) is 11.6. The van der Waals surface area contributed by atoms with Gasteiger partial charge < -0.3 is 9.47 Å². The number of hydrogen-bond donors (Lipinski definition) is 0. The average Bonchev–Trinajstić information content (AvgIpc) is 3.79. The second-order valence-electron chi connectivity index (χ2n) is 12.2. The van der Waals surface area contributed by atoms with Crippen molar-refractivity contribution in [3.05, 3.63) is 182 Å². The number of imidazole rings is 1. The lowest BCUT2D eigenvalue weighted by atomic mass is 10.1. The second-order valence-corrected chi connectivity index (χ2v) is 12.2. The third kappa shape index (κ3) is 3.83. The fraction of sp³-hybridized carbons (Fsp3) is 0. The number of para-hydroxylation sites is 7. The first-order chi connectivity index (χ1) is 23.9. The van der Waals surface area contributed by atoms with Crippen molar-refractivity contribution in [3.8, 4) is 11.4 Å². The molecular formula is C44H30N4. The molecule has 3 aromatic heterocycles. The molecule has 3 heterocycles. The third-order valence-corrected chi connectivity index (χ3v) is 9.60. The Kier molecular flexibility index (Phi) is 5.84. The van der Waals surface area contributed by atoms with Gasteiger partial charge in [-0.05, 0) is 78.9 Å². The maximum Gasteiger partial charge on any atom is 0.148 e. The largest absolute Gasteiger partial charge is 0.309 e. The molecule has 4 nitrogen and oxygen atoms in total. The number of anilines is 3. The molecule has 226 valence electrons. The summed E-state index contributed by atoms with van der Waals surface area (Å²) >= 11 is 0. The average molecular weight is 615 g/mol. The van der Waals surface area contributed by atoms with Crippen molar-refractivity contribution >= 4 is 66.5 Å². The van der Waals surface area contributed by atoms with E-state index in [1.165, 1.54) is 43.7 Å². The maximum absolute atomic E-state index is 2.43. The summed E-state index contributed by atoms with van der Waals surface area (Å²) in [5.41, 5.74) is 12.7.